The number of ether oxygens (including phenoxy) is 1. The van der Waals surface area contributed by atoms with E-state index in [-0.39, 0.29) is 41.9 Å². The van der Waals surface area contributed by atoms with Gasteiger partial charge in [-0.1, -0.05) is 48.5 Å². The summed E-state index contributed by atoms with van der Waals surface area (Å²) in [6.45, 7) is 1.12. The molecular formula is C26H27N3O5S. The third-order valence-electron chi connectivity index (χ3n) is 5.61. The zero-order valence-corrected chi connectivity index (χ0v) is 20.0. The molecule has 0 radical (unpaired) electrons. The number of rotatable bonds is 9. The van der Waals surface area contributed by atoms with Crippen molar-refractivity contribution in [3.05, 3.63) is 95.6 Å². The number of nitrogens with zero attached hydrogens (tertiary/aromatic N) is 1. The number of amides is 2. The molecular weight excluding hydrogens is 466 g/mol. The van der Waals surface area contributed by atoms with Crippen LogP contribution in [0.1, 0.15) is 21.5 Å². The molecule has 1 heterocycles. The molecule has 0 aromatic heterocycles. The van der Waals surface area contributed by atoms with Gasteiger partial charge in [-0.15, -0.1) is 0 Å². The molecule has 3 aromatic carbocycles. The van der Waals surface area contributed by atoms with Gasteiger partial charge in [0.2, 0.25) is 15.9 Å². The summed E-state index contributed by atoms with van der Waals surface area (Å²) in [5.41, 5.74) is 2.38. The van der Waals surface area contributed by atoms with Gasteiger partial charge >= 0.3 is 0 Å². The maximum atomic E-state index is 12.9. The van der Waals surface area contributed by atoms with Crippen LogP contribution in [0.4, 0.5) is 0 Å². The molecule has 182 valence electrons. The molecule has 1 aliphatic heterocycles. The van der Waals surface area contributed by atoms with Crippen LogP contribution >= 0.6 is 0 Å². The van der Waals surface area contributed by atoms with Gasteiger partial charge in [-0.3, -0.25) is 9.59 Å². The predicted octanol–water partition coefficient (Wildman–Crippen LogP) is 2.36. The van der Waals surface area contributed by atoms with Crippen LogP contribution in [0.25, 0.3) is 0 Å². The average molecular weight is 494 g/mol. The van der Waals surface area contributed by atoms with Crippen LogP contribution in [-0.4, -0.2) is 50.7 Å². The van der Waals surface area contributed by atoms with Crippen molar-refractivity contribution in [3.8, 4) is 5.75 Å². The minimum Gasteiger partial charge on any atom is -0.489 e. The van der Waals surface area contributed by atoms with E-state index in [0.29, 0.717) is 19.6 Å². The number of nitrogens with one attached hydrogen (secondary N) is 2. The molecule has 0 aliphatic carbocycles. The zero-order chi connectivity index (χ0) is 24.7. The van der Waals surface area contributed by atoms with Gasteiger partial charge in [0.25, 0.3) is 5.91 Å². The van der Waals surface area contributed by atoms with E-state index in [1.807, 2.05) is 54.6 Å². The second-order valence-corrected chi connectivity index (χ2v) is 10.1. The Bertz CT molecular complexity index is 1280. The van der Waals surface area contributed by atoms with Crippen molar-refractivity contribution in [2.24, 2.45) is 0 Å². The fourth-order valence-corrected chi connectivity index (χ4v) is 5.13. The molecule has 9 heteroatoms. The van der Waals surface area contributed by atoms with Crippen LogP contribution < -0.4 is 15.4 Å². The Morgan fingerprint density at radius 3 is 2.49 bits per heavy atom. The van der Waals surface area contributed by atoms with Gasteiger partial charge in [0.05, 0.1) is 11.4 Å². The molecule has 4 rings (SSSR count). The summed E-state index contributed by atoms with van der Waals surface area (Å²) in [6, 6.07) is 23.5. The first-order valence-electron chi connectivity index (χ1n) is 11.3. The lowest BCUT2D eigenvalue weighted by Crippen LogP contribution is -2.49. The van der Waals surface area contributed by atoms with Crippen molar-refractivity contribution in [3.63, 3.8) is 0 Å². The van der Waals surface area contributed by atoms with E-state index in [2.05, 4.69) is 10.6 Å². The van der Waals surface area contributed by atoms with E-state index in [0.717, 1.165) is 21.2 Å². The molecule has 0 atom stereocenters. The summed E-state index contributed by atoms with van der Waals surface area (Å²) < 4.78 is 32.6. The largest absolute Gasteiger partial charge is 0.489 e. The lowest BCUT2D eigenvalue weighted by Gasteiger charge is -2.26. The fraction of sp³-hybridized carbons (Fsp3) is 0.231. The van der Waals surface area contributed by atoms with Crippen molar-refractivity contribution < 1.29 is 22.7 Å². The summed E-state index contributed by atoms with van der Waals surface area (Å²) in [7, 11) is -3.86. The Morgan fingerprint density at radius 2 is 1.74 bits per heavy atom. The quantitative estimate of drug-likeness (QED) is 0.476. The average Bonchev–Trinajstić information content (AvgIpc) is 2.89. The second kappa shape index (κ2) is 11.2. The summed E-state index contributed by atoms with van der Waals surface area (Å²) in [5.74, 6) is 0.0663. The minimum absolute atomic E-state index is 0.00839. The summed E-state index contributed by atoms with van der Waals surface area (Å²) >= 11 is 0. The van der Waals surface area contributed by atoms with Gasteiger partial charge in [-0.05, 0) is 47.9 Å². The summed E-state index contributed by atoms with van der Waals surface area (Å²) in [5, 5.41) is 5.43. The first kappa shape index (κ1) is 24.4. The number of piperazine rings is 1. The molecule has 3 aromatic rings. The predicted molar refractivity (Wildman–Crippen MR) is 131 cm³/mol. The first-order chi connectivity index (χ1) is 16.9. The first-order valence-corrected chi connectivity index (χ1v) is 12.8. The lowest BCUT2D eigenvalue weighted by molar-refractivity contribution is -0.122. The van der Waals surface area contributed by atoms with Crippen molar-refractivity contribution in [1.82, 2.24) is 14.9 Å². The molecule has 0 saturated carbocycles. The van der Waals surface area contributed by atoms with Crippen LogP contribution in [0, 0.1) is 0 Å². The van der Waals surface area contributed by atoms with Gasteiger partial charge in [0.1, 0.15) is 12.4 Å². The van der Waals surface area contributed by atoms with Crippen molar-refractivity contribution in [1.29, 1.82) is 0 Å². The normalized spacial score (nSPS) is 14.2. The van der Waals surface area contributed by atoms with Gasteiger partial charge in [0.15, 0.2) is 0 Å². The maximum absolute atomic E-state index is 12.9. The minimum atomic E-state index is -3.86. The van der Waals surface area contributed by atoms with E-state index >= 15 is 0 Å². The highest BCUT2D eigenvalue weighted by molar-refractivity contribution is 7.89. The van der Waals surface area contributed by atoms with Crippen LogP contribution in [-0.2, 0) is 27.8 Å². The van der Waals surface area contributed by atoms with Crippen molar-refractivity contribution in [2.45, 2.75) is 17.9 Å². The van der Waals surface area contributed by atoms with Gasteiger partial charge in [0, 0.05) is 25.2 Å². The van der Waals surface area contributed by atoms with Gasteiger partial charge < -0.3 is 15.4 Å². The smallest absolute Gasteiger partial charge is 0.251 e. The number of benzene rings is 3. The SMILES string of the molecule is O=C1CN(S(=O)(=O)c2cccc(C(=O)NCCc3ccc(OCc4ccccc4)cc3)c2)CCN1. The molecule has 2 N–H and O–H groups in total. The van der Waals surface area contributed by atoms with Crippen molar-refractivity contribution >= 4 is 21.8 Å². The Kier molecular flexibility index (Phi) is 7.79. The number of hydrogen-bond acceptors (Lipinski definition) is 5. The molecule has 1 aliphatic rings. The number of sulfonamides is 1. The monoisotopic (exact) mass is 493 g/mol. The van der Waals surface area contributed by atoms with E-state index in [1.54, 1.807) is 6.07 Å². The number of carbonyl (C=O) groups excluding carboxylic acids is 2. The van der Waals surface area contributed by atoms with E-state index in [1.165, 1.54) is 18.2 Å². The Morgan fingerprint density at radius 1 is 0.971 bits per heavy atom. The molecule has 0 unspecified atom stereocenters. The van der Waals surface area contributed by atoms with Crippen molar-refractivity contribution in [2.75, 3.05) is 26.2 Å². The van der Waals surface area contributed by atoms with E-state index < -0.39 is 10.0 Å². The zero-order valence-electron chi connectivity index (χ0n) is 19.1. The Balaban J connectivity index is 1.29. The summed E-state index contributed by atoms with van der Waals surface area (Å²) in [6.07, 6.45) is 0.617. The topological polar surface area (TPSA) is 105 Å². The third kappa shape index (κ3) is 6.46. The second-order valence-electron chi connectivity index (χ2n) is 8.14. The fourth-order valence-electron chi connectivity index (χ4n) is 3.68. The van der Waals surface area contributed by atoms with Crippen LogP contribution in [0.15, 0.2) is 83.8 Å². The van der Waals surface area contributed by atoms with Crippen LogP contribution in [0.3, 0.4) is 0 Å². The standard InChI is InChI=1S/C26H27N3O5S/c30-25-18-29(16-15-27-25)35(32,33)24-8-4-7-22(17-24)26(31)28-14-13-20-9-11-23(12-10-20)34-19-21-5-2-1-3-6-21/h1-12,17H,13-16,18-19H2,(H,27,30)(H,28,31). The van der Waals surface area contributed by atoms with Gasteiger partial charge in [-0.2, -0.15) is 4.31 Å². The van der Waals surface area contributed by atoms with Crippen LogP contribution in [0.2, 0.25) is 0 Å². The molecule has 8 nitrogen and oxygen atoms in total. The number of hydrogen-bond donors (Lipinski definition) is 2. The summed E-state index contributed by atoms with van der Waals surface area (Å²) in [4.78, 5) is 24.2. The number of carbonyl (C=O) groups is 2. The molecule has 0 bridgehead atoms. The van der Waals surface area contributed by atoms with Gasteiger partial charge in [-0.25, -0.2) is 8.42 Å². The maximum Gasteiger partial charge on any atom is 0.251 e. The molecule has 35 heavy (non-hydrogen) atoms. The Hall–Kier alpha value is -3.69. The molecule has 1 saturated heterocycles. The highest BCUT2D eigenvalue weighted by atomic mass is 32.2. The Labute approximate surface area is 205 Å². The lowest BCUT2D eigenvalue weighted by atomic mass is 10.1. The molecule has 1 fully saturated rings. The van der Waals surface area contributed by atoms with E-state index in [4.69, 9.17) is 4.74 Å². The highest BCUT2D eigenvalue weighted by Crippen LogP contribution is 2.18. The molecule has 0 spiro atoms. The van der Waals surface area contributed by atoms with Crippen LogP contribution in [0.5, 0.6) is 5.75 Å². The highest BCUT2D eigenvalue weighted by Gasteiger charge is 2.29. The molecule has 2 amide bonds. The third-order valence-corrected chi connectivity index (χ3v) is 7.45. The van der Waals surface area contributed by atoms with E-state index in [9.17, 15) is 18.0 Å².